The largest absolute Gasteiger partial charge is 0.459 e. The number of amides is 2. The zero-order valence-electron chi connectivity index (χ0n) is 15.8. The van der Waals surface area contributed by atoms with E-state index in [2.05, 4.69) is 0 Å². The van der Waals surface area contributed by atoms with Crippen LogP contribution in [0.2, 0.25) is 10.0 Å². The van der Waals surface area contributed by atoms with Crippen LogP contribution >= 0.6 is 23.2 Å². The molecule has 30 heavy (non-hydrogen) atoms. The molecule has 0 N–H and O–H groups in total. The van der Waals surface area contributed by atoms with Crippen molar-refractivity contribution < 1.29 is 27.5 Å². The summed E-state index contributed by atoms with van der Waals surface area (Å²) >= 11 is 11.8. The molecule has 0 aliphatic carbocycles. The minimum Gasteiger partial charge on any atom is -0.459 e. The number of imide groups is 1. The lowest BCUT2D eigenvalue weighted by atomic mass is 10.1. The highest BCUT2D eigenvalue weighted by Gasteiger charge is 2.43. The van der Waals surface area contributed by atoms with Gasteiger partial charge in [0.15, 0.2) is 0 Å². The number of nitrogens with zero attached hydrogens (tertiary/aromatic N) is 1. The highest BCUT2D eigenvalue weighted by molar-refractivity contribution is 7.90. The first kappa shape index (κ1) is 22.3. The van der Waals surface area contributed by atoms with Gasteiger partial charge in [0.25, 0.3) is 11.8 Å². The van der Waals surface area contributed by atoms with Crippen LogP contribution in [0.3, 0.4) is 0 Å². The SMILES string of the molecule is CS(=O)(=O)CC[C@@H](C(=O)OCc1ccc(Cl)c(Cl)c1)N1C(=O)c2ccccc2C1=O. The molecular formula is C20H17Cl2NO6S. The maximum atomic E-state index is 12.8. The summed E-state index contributed by atoms with van der Waals surface area (Å²) < 4.78 is 28.5. The number of benzene rings is 2. The summed E-state index contributed by atoms with van der Waals surface area (Å²) in [7, 11) is -3.45. The Kier molecular flexibility index (Phi) is 6.50. The minimum atomic E-state index is -3.45. The molecule has 2 aromatic carbocycles. The van der Waals surface area contributed by atoms with Gasteiger partial charge in [-0.3, -0.25) is 14.5 Å². The van der Waals surface area contributed by atoms with Gasteiger partial charge in [-0.15, -0.1) is 0 Å². The van der Waals surface area contributed by atoms with Crippen molar-refractivity contribution in [3.63, 3.8) is 0 Å². The second-order valence-electron chi connectivity index (χ2n) is 6.82. The first-order chi connectivity index (χ1) is 14.1. The summed E-state index contributed by atoms with van der Waals surface area (Å²) in [4.78, 5) is 39.1. The number of rotatable bonds is 7. The lowest BCUT2D eigenvalue weighted by molar-refractivity contribution is -0.149. The molecule has 1 atom stereocenters. The lowest BCUT2D eigenvalue weighted by Gasteiger charge is -2.24. The Morgan fingerprint density at radius 1 is 1.03 bits per heavy atom. The molecule has 0 bridgehead atoms. The molecular weight excluding hydrogens is 453 g/mol. The van der Waals surface area contributed by atoms with Crippen molar-refractivity contribution in [2.45, 2.75) is 19.1 Å². The Hall–Kier alpha value is -2.42. The van der Waals surface area contributed by atoms with Crippen molar-refractivity contribution >= 4 is 50.8 Å². The van der Waals surface area contributed by atoms with Crippen molar-refractivity contribution in [3.05, 3.63) is 69.2 Å². The van der Waals surface area contributed by atoms with Crippen LogP contribution in [0.15, 0.2) is 42.5 Å². The molecule has 0 radical (unpaired) electrons. The summed E-state index contributed by atoms with van der Waals surface area (Å²) in [5.41, 5.74) is 0.857. The van der Waals surface area contributed by atoms with Gasteiger partial charge >= 0.3 is 5.97 Å². The molecule has 0 fully saturated rings. The molecule has 2 aromatic rings. The van der Waals surface area contributed by atoms with Gasteiger partial charge < -0.3 is 4.74 Å². The summed E-state index contributed by atoms with van der Waals surface area (Å²) in [5.74, 6) is -2.62. The predicted octanol–water partition coefficient (Wildman–Crippen LogP) is 3.14. The quantitative estimate of drug-likeness (QED) is 0.456. The highest BCUT2D eigenvalue weighted by atomic mass is 35.5. The van der Waals surface area contributed by atoms with E-state index in [-0.39, 0.29) is 29.2 Å². The van der Waals surface area contributed by atoms with Crippen molar-refractivity contribution in [1.82, 2.24) is 4.90 Å². The van der Waals surface area contributed by atoms with Gasteiger partial charge in [0.1, 0.15) is 22.5 Å². The number of esters is 1. The van der Waals surface area contributed by atoms with Gasteiger partial charge in [-0.1, -0.05) is 41.4 Å². The third kappa shape index (κ3) is 4.83. The number of carbonyl (C=O) groups is 3. The summed E-state index contributed by atoms with van der Waals surface area (Å²) in [6.45, 7) is -0.186. The number of carbonyl (C=O) groups excluding carboxylic acids is 3. The van der Waals surface area contributed by atoms with E-state index in [4.69, 9.17) is 27.9 Å². The van der Waals surface area contributed by atoms with Gasteiger partial charge in [0, 0.05) is 6.26 Å². The van der Waals surface area contributed by atoms with E-state index in [9.17, 15) is 22.8 Å². The Bertz CT molecular complexity index is 1100. The van der Waals surface area contributed by atoms with E-state index >= 15 is 0 Å². The van der Waals surface area contributed by atoms with Crippen molar-refractivity contribution in [1.29, 1.82) is 0 Å². The third-order valence-electron chi connectivity index (χ3n) is 4.54. The zero-order chi connectivity index (χ0) is 22.1. The number of ether oxygens (including phenoxy) is 1. The zero-order valence-corrected chi connectivity index (χ0v) is 18.1. The predicted molar refractivity (Wildman–Crippen MR) is 111 cm³/mol. The molecule has 1 heterocycles. The number of hydrogen-bond acceptors (Lipinski definition) is 6. The molecule has 0 unspecified atom stereocenters. The minimum absolute atomic E-state index is 0.157. The topological polar surface area (TPSA) is 97.8 Å². The Labute approximate surface area is 183 Å². The Balaban J connectivity index is 1.83. The highest BCUT2D eigenvalue weighted by Crippen LogP contribution is 2.27. The molecule has 0 aromatic heterocycles. The molecule has 0 saturated heterocycles. The monoisotopic (exact) mass is 469 g/mol. The number of halogens is 2. The normalized spacial score (nSPS) is 14.6. The molecule has 158 valence electrons. The first-order valence-corrected chi connectivity index (χ1v) is 11.7. The molecule has 10 heteroatoms. The first-order valence-electron chi connectivity index (χ1n) is 8.83. The summed E-state index contributed by atoms with van der Waals surface area (Å²) in [6.07, 6.45) is 0.734. The summed E-state index contributed by atoms with van der Waals surface area (Å²) in [5, 5.41) is 0.614. The molecule has 7 nitrogen and oxygen atoms in total. The Morgan fingerprint density at radius 3 is 2.17 bits per heavy atom. The van der Waals surface area contributed by atoms with Crippen LogP contribution in [0.25, 0.3) is 0 Å². The standard InChI is InChI=1S/C20H17Cl2NO6S/c1-30(27,28)9-8-17(20(26)29-11-12-6-7-15(21)16(22)10-12)23-18(24)13-4-2-3-5-14(13)19(23)25/h2-7,10,17H,8-9,11H2,1H3/t17-/m0/s1. The van der Waals surface area contributed by atoms with Crippen LogP contribution < -0.4 is 0 Å². The van der Waals surface area contributed by atoms with Gasteiger partial charge in [-0.2, -0.15) is 0 Å². The van der Waals surface area contributed by atoms with Crippen LogP contribution in [0.4, 0.5) is 0 Å². The average molecular weight is 470 g/mol. The van der Waals surface area contributed by atoms with Crippen molar-refractivity contribution in [2.24, 2.45) is 0 Å². The van der Waals surface area contributed by atoms with E-state index in [1.165, 1.54) is 18.2 Å². The fraction of sp³-hybridized carbons (Fsp3) is 0.250. The van der Waals surface area contributed by atoms with Crippen LogP contribution in [-0.2, 0) is 26.0 Å². The van der Waals surface area contributed by atoms with E-state index in [1.807, 2.05) is 0 Å². The maximum absolute atomic E-state index is 12.8. The lowest BCUT2D eigenvalue weighted by Crippen LogP contribution is -2.46. The van der Waals surface area contributed by atoms with E-state index < -0.39 is 39.4 Å². The van der Waals surface area contributed by atoms with E-state index in [0.717, 1.165) is 11.2 Å². The van der Waals surface area contributed by atoms with E-state index in [0.29, 0.717) is 10.6 Å². The second-order valence-corrected chi connectivity index (χ2v) is 9.89. The smallest absolute Gasteiger partial charge is 0.329 e. The Morgan fingerprint density at radius 2 is 1.63 bits per heavy atom. The number of fused-ring (bicyclic) bond motifs is 1. The molecule has 0 spiro atoms. The van der Waals surface area contributed by atoms with E-state index in [1.54, 1.807) is 24.3 Å². The maximum Gasteiger partial charge on any atom is 0.329 e. The van der Waals surface area contributed by atoms with Gasteiger partial charge in [0.2, 0.25) is 0 Å². The average Bonchev–Trinajstić information content (AvgIpc) is 2.94. The number of hydrogen-bond donors (Lipinski definition) is 0. The van der Waals surface area contributed by atoms with Gasteiger partial charge in [0.05, 0.1) is 26.9 Å². The van der Waals surface area contributed by atoms with Crippen LogP contribution in [0.5, 0.6) is 0 Å². The van der Waals surface area contributed by atoms with Crippen LogP contribution in [-0.4, -0.2) is 49.2 Å². The van der Waals surface area contributed by atoms with Gasteiger partial charge in [-0.05, 0) is 36.2 Å². The van der Waals surface area contributed by atoms with Crippen LogP contribution in [0, 0.1) is 0 Å². The van der Waals surface area contributed by atoms with Crippen molar-refractivity contribution in [3.8, 4) is 0 Å². The second kappa shape index (κ2) is 8.75. The molecule has 2 amide bonds. The fourth-order valence-electron chi connectivity index (χ4n) is 3.05. The van der Waals surface area contributed by atoms with Crippen LogP contribution in [0.1, 0.15) is 32.7 Å². The van der Waals surface area contributed by atoms with Gasteiger partial charge in [-0.25, -0.2) is 13.2 Å². The molecule has 1 aliphatic rings. The van der Waals surface area contributed by atoms with Crippen molar-refractivity contribution in [2.75, 3.05) is 12.0 Å². The summed E-state index contributed by atoms with van der Waals surface area (Å²) in [6, 6.07) is 9.44. The molecule has 1 aliphatic heterocycles. The molecule has 3 rings (SSSR count). The fourth-order valence-corrected chi connectivity index (χ4v) is 4.02. The third-order valence-corrected chi connectivity index (χ3v) is 6.25. The molecule has 0 saturated carbocycles. The number of sulfone groups is 1.